The summed E-state index contributed by atoms with van der Waals surface area (Å²) in [6.45, 7) is 9.54. The zero-order chi connectivity index (χ0) is 41.8. The molecule has 4 N–H and O–H groups in total. The molecule has 0 aliphatic carbocycles. The van der Waals surface area contributed by atoms with Crippen LogP contribution in [0.3, 0.4) is 0 Å². The van der Waals surface area contributed by atoms with Gasteiger partial charge in [-0.2, -0.15) is 0 Å². The number of cyclic esters (lactones) is 1. The number of ether oxygens (including phenoxy) is 1. The standard InChI is InChI=1S/C41H49ClFN7O8/c1-22-9-7-10-26(17-22)19-30(46-41(57)45-27-13-14-28(42)29(43)20-27)35(51)47-34-25(4)58-40(56)33-18-23(2)21-50(33)37(53)24(3)44-36(52)31-11-5-6-15-48(31)38(54)32-12-8-16-49(32)39(34)55/h7,9-10,13-14,17,20,23,25,30-34H,3,5-6,8,11-12,15-16,18-19,21H2,1-2,4H3,(H,44,52)(H,47,51)(H2,45,46,57)/t23-,25+,30+,31+,32+,33+,34+/m1/s1. The third kappa shape index (κ3) is 9.43. The molecule has 4 heterocycles. The largest absolute Gasteiger partial charge is 0.458 e. The number of nitrogens with one attached hydrogen (secondary N) is 4. The van der Waals surface area contributed by atoms with Crippen LogP contribution in [0, 0.1) is 18.7 Å². The van der Waals surface area contributed by atoms with Gasteiger partial charge in [0.25, 0.3) is 5.91 Å². The molecule has 6 rings (SSSR count). The SMILES string of the molecule is C=C1NC(=O)[C@@H]2CCCCN2C(=O)[C@@H]2CCCN2C(=O)[C@@H](NC(=O)[C@H](Cc2cccc(C)c2)NC(=O)Nc2ccc(Cl)c(F)c2)[C@H](C)OC(=O)[C@@H]2C[C@@H](C)CN2C1=O. The van der Waals surface area contributed by atoms with Crippen LogP contribution >= 0.6 is 11.6 Å². The number of aryl methyl sites for hydroxylation is 1. The maximum atomic E-state index is 14.7. The lowest BCUT2D eigenvalue weighted by Gasteiger charge is -2.39. The molecule has 58 heavy (non-hydrogen) atoms. The third-order valence-corrected chi connectivity index (χ3v) is 11.4. The minimum absolute atomic E-state index is 0.0326. The number of urea groups is 1. The fourth-order valence-electron chi connectivity index (χ4n) is 8.22. The number of esters is 1. The lowest BCUT2D eigenvalue weighted by Crippen LogP contribution is -2.62. The van der Waals surface area contributed by atoms with Crippen molar-refractivity contribution in [1.29, 1.82) is 0 Å². The molecule has 0 radical (unpaired) electrons. The molecule has 2 aromatic rings. The van der Waals surface area contributed by atoms with E-state index in [0.29, 0.717) is 31.2 Å². The Morgan fingerprint density at radius 3 is 2.41 bits per heavy atom. The highest BCUT2D eigenvalue weighted by Crippen LogP contribution is 2.29. The van der Waals surface area contributed by atoms with E-state index in [1.54, 1.807) is 12.1 Å². The number of nitrogens with zero attached hydrogens (tertiary/aromatic N) is 3. The summed E-state index contributed by atoms with van der Waals surface area (Å²) in [5.41, 5.74) is 1.39. The Balaban J connectivity index is 1.33. The van der Waals surface area contributed by atoms with E-state index in [9.17, 15) is 38.0 Å². The molecular formula is C41H49ClFN7O8. The molecular weight excluding hydrogens is 773 g/mol. The van der Waals surface area contributed by atoms with E-state index < -0.39 is 83.7 Å². The van der Waals surface area contributed by atoms with Crippen molar-refractivity contribution in [2.75, 3.05) is 25.0 Å². The van der Waals surface area contributed by atoms with Crippen molar-refractivity contribution in [2.24, 2.45) is 5.92 Å². The number of hydrogen-bond donors (Lipinski definition) is 4. The second kappa shape index (κ2) is 18.0. The van der Waals surface area contributed by atoms with Gasteiger partial charge >= 0.3 is 12.0 Å². The quantitative estimate of drug-likeness (QED) is 0.253. The number of rotatable bonds is 6. The summed E-state index contributed by atoms with van der Waals surface area (Å²) >= 11 is 5.80. The van der Waals surface area contributed by atoms with E-state index in [1.165, 1.54) is 33.8 Å². The summed E-state index contributed by atoms with van der Waals surface area (Å²) < 4.78 is 20.1. The topological polar surface area (TPSA) is 187 Å². The molecule has 4 saturated heterocycles. The molecule has 0 saturated carbocycles. The van der Waals surface area contributed by atoms with E-state index >= 15 is 0 Å². The molecule has 7 atom stereocenters. The molecule has 0 bridgehead atoms. The summed E-state index contributed by atoms with van der Waals surface area (Å²) in [4.78, 5) is 102. The monoisotopic (exact) mass is 821 g/mol. The van der Waals surface area contributed by atoms with Crippen LogP contribution in [0.5, 0.6) is 0 Å². The van der Waals surface area contributed by atoms with Gasteiger partial charge in [-0.1, -0.05) is 54.9 Å². The van der Waals surface area contributed by atoms with Crippen LogP contribution in [-0.4, -0.2) is 112 Å². The fourth-order valence-corrected chi connectivity index (χ4v) is 8.34. The van der Waals surface area contributed by atoms with Gasteiger partial charge in [0.05, 0.1) is 10.7 Å². The van der Waals surface area contributed by atoms with E-state index in [-0.39, 0.29) is 61.2 Å². The minimum Gasteiger partial charge on any atom is -0.458 e. The van der Waals surface area contributed by atoms with Crippen molar-refractivity contribution >= 4 is 58.8 Å². The zero-order valence-corrected chi connectivity index (χ0v) is 33.5. The van der Waals surface area contributed by atoms with Crippen LogP contribution in [-0.2, 0) is 39.9 Å². The van der Waals surface area contributed by atoms with E-state index in [0.717, 1.165) is 11.6 Å². The number of piperidine rings is 1. The second-order valence-electron chi connectivity index (χ2n) is 15.6. The minimum atomic E-state index is -1.55. The Kier molecular flexibility index (Phi) is 13.0. The van der Waals surface area contributed by atoms with Gasteiger partial charge in [0, 0.05) is 31.7 Å². The highest BCUT2D eigenvalue weighted by molar-refractivity contribution is 6.30. The van der Waals surface area contributed by atoms with Crippen LogP contribution in [0.2, 0.25) is 5.02 Å². The highest BCUT2D eigenvalue weighted by atomic mass is 35.5. The summed E-state index contributed by atoms with van der Waals surface area (Å²) in [6, 6.07) is 4.21. The Hall–Kier alpha value is -5.51. The Bertz CT molecular complexity index is 2000. The smallest absolute Gasteiger partial charge is 0.329 e. The molecule has 0 aromatic heterocycles. The van der Waals surface area contributed by atoms with E-state index in [2.05, 4.69) is 27.8 Å². The van der Waals surface area contributed by atoms with Crippen molar-refractivity contribution < 1.29 is 42.7 Å². The van der Waals surface area contributed by atoms with Gasteiger partial charge in [0.1, 0.15) is 42.1 Å². The van der Waals surface area contributed by atoms with Crippen molar-refractivity contribution in [3.05, 3.63) is 76.7 Å². The molecule has 0 spiro atoms. The lowest BCUT2D eigenvalue weighted by molar-refractivity contribution is -0.162. The van der Waals surface area contributed by atoms with Gasteiger partial charge in [0.15, 0.2) is 0 Å². The van der Waals surface area contributed by atoms with Gasteiger partial charge < -0.3 is 40.7 Å². The summed E-state index contributed by atoms with van der Waals surface area (Å²) in [5, 5.41) is 10.3. The molecule has 310 valence electrons. The van der Waals surface area contributed by atoms with Crippen molar-refractivity contribution in [3.8, 4) is 0 Å². The van der Waals surface area contributed by atoms with Crippen LogP contribution in [0.15, 0.2) is 54.7 Å². The number of carbonyl (C=O) groups excluding carboxylic acids is 7. The van der Waals surface area contributed by atoms with Gasteiger partial charge in [-0.3, -0.25) is 24.0 Å². The van der Waals surface area contributed by atoms with Gasteiger partial charge in [-0.15, -0.1) is 0 Å². The zero-order valence-electron chi connectivity index (χ0n) is 32.7. The predicted molar refractivity (Wildman–Crippen MR) is 210 cm³/mol. The average molecular weight is 822 g/mol. The molecule has 4 aliphatic rings. The van der Waals surface area contributed by atoms with Crippen molar-refractivity contribution in [3.63, 3.8) is 0 Å². The molecule has 4 fully saturated rings. The number of fused-ring (bicyclic) bond motifs is 3. The highest BCUT2D eigenvalue weighted by Gasteiger charge is 2.47. The Morgan fingerprint density at radius 2 is 1.67 bits per heavy atom. The molecule has 15 nitrogen and oxygen atoms in total. The van der Waals surface area contributed by atoms with Crippen molar-refractivity contribution in [2.45, 2.75) is 102 Å². The number of halogens is 2. The van der Waals surface area contributed by atoms with Gasteiger partial charge in [-0.25, -0.2) is 14.0 Å². The van der Waals surface area contributed by atoms with Gasteiger partial charge in [-0.05, 0) is 82.1 Å². The van der Waals surface area contributed by atoms with Gasteiger partial charge in [0.2, 0.25) is 23.6 Å². The Morgan fingerprint density at radius 1 is 0.948 bits per heavy atom. The molecule has 7 amide bonds. The maximum Gasteiger partial charge on any atom is 0.329 e. The third-order valence-electron chi connectivity index (χ3n) is 11.1. The maximum absolute atomic E-state index is 14.7. The lowest BCUT2D eigenvalue weighted by atomic mass is 9.99. The van der Waals surface area contributed by atoms with Crippen LogP contribution in [0.1, 0.15) is 63.5 Å². The first-order valence-corrected chi connectivity index (χ1v) is 20.0. The Labute approximate surface area is 341 Å². The molecule has 17 heteroatoms. The van der Waals surface area contributed by atoms with E-state index in [1.807, 2.05) is 26.0 Å². The number of carbonyl (C=O) groups is 7. The number of amides is 7. The first kappa shape index (κ1) is 42.1. The molecule has 4 aliphatic heterocycles. The van der Waals surface area contributed by atoms with Crippen LogP contribution in [0.25, 0.3) is 0 Å². The predicted octanol–water partition coefficient (Wildman–Crippen LogP) is 3.19. The average Bonchev–Trinajstić information content (AvgIpc) is 3.84. The number of benzene rings is 2. The number of anilines is 1. The summed E-state index contributed by atoms with van der Waals surface area (Å²) in [6.07, 6.45) is 1.24. The van der Waals surface area contributed by atoms with Crippen LogP contribution in [0.4, 0.5) is 14.9 Å². The normalized spacial score (nSPS) is 26.3. The van der Waals surface area contributed by atoms with Crippen LogP contribution < -0.4 is 21.3 Å². The summed E-state index contributed by atoms with van der Waals surface area (Å²) in [5.74, 6) is -4.96. The fraction of sp³-hybridized carbons (Fsp3) is 0.488. The number of hydrogen-bond acceptors (Lipinski definition) is 8. The first-order valence-electron chi connectivity index (χ1n) is 19.6. The second-order valence-corrected chi connectivity index (χ2v) is 16.0. The van der Waals surface area contributed by atoms with E-state index in [4.69, 9.17) is 16.3 Å². The van der Waals surface area contributed by atoms with Crippen molar-refractivity contribution in [1.82, 2.24) is 30.7 Å². The molecule has 2 aromatic carbocycles. The summed E-state index contributed by atoms with van der Waals surface area (Å²) in [7, 11) is 0. The molecule has 0 unspecified atom stereocenters. The first-order chi connectivity index (χ1) is 27.6.